The van der Waals surface area contributed by atoms with E-state index in [1.807, 2.05) is 43.3 Å². The molecule has 2 aromatic carbocycles. The number of carbonyl (C=O) groups excluding carboxylic acids is 1. The molecule has 0 aromatic heterocycles. The minimum absolute atomic E-state index is 0.127. The molecule has 0 bridgehead atoms. The summed E-state index contributed by atoms with van der Waals surface area (Å²) in [5.41, 5.74) is 2.23. The second-order valence-corrected chi connectivity index (χ2v) is 4.27. The Labute approximate surface area is 118 Å². The number of nitrogens with one attached hydrogen (secondary N) is 2. The van der Waals surface area contributed by atoms with Crippen molar-refractivity contribution in [1.82, 2.24) is 0 Å². The first-order chi connectivity index (χ1) is 9.74. The van der Waals surface area contributed by atoms with Crippen molar-refractivity contribution in [3.8, 4) is 5.75 Å². The van der Waals surface area contributed by atoms with Crippen LogP contribution in [0, 0.1) is 0 Å². The molecule has 0 atom stereocenters. The van der Waals surface area contributed by atoms with E-state index in [1.165, 1.54) is 0 Å². The molecule has 20 heavy (non-hydrogen) atoms. The molecule has 0 aliphatic heterocycles. The van der Waals surface area contributed by atoms with Crippen LogP contribution >= 0.6 is 0 Å². The van der Waals surface area contributed by atoms with E-state index in [1.54, 1.807) is 19.2 Å². The molecule has 0 aliphatic rings. The van der Waals surface area contributed by atoms with Gasteiger partial charge in [0.25, 0.3) is 5.91 Å². The standard InChI is InChI=1S/C16H18N2O2/c1-3-17-14-11-13(9-10-15(14)20-2)18-16(19)12-7-5-4-6-8-12/h4-11,17H,3H2,1-2H3,(H,18,19). The van der Waals surface area contributed by atoms with Gasteiger partial charge in [0, 0.05) is 17.8 Å². The fourth-order valence-corrected chi connectivity index (χ4v) is 1.91. The fraction of sp³-hybridized carbons (Fsp3) is 0.188. The molecule has 0 spiro atoms. The Hall–Kier alpha value is -2.49. The molecule has 0 aliphatic carbocycles. The highest BCUT2D eigenvalue weighted by Gasteiger charge is 2.08. The van der Waals surface area contributed by atoms with Crippen LogP contribution in [-0.4, -0.2) is 19.6 Å². The molecular formula is C16H18N2O2. The molecule has 0 fully saturated rings. The smallest absolute Gasteiger partial charge is 0.255 e. The summed E-state index contributed by atoms with van der Waals surface area (Å²) in [5, 5.41) is 6.08. The topological polar surface area (TPSA) is 50.4 Å². The Morgan fingerprint density at radius 2 is 1.90 bits per heavy atom. The molecule has 2 rings (SSSR count). The lowest BCUT2D eigenvalue weighted by Crippen LogP contribution is -2.12. The summed E-state index contributed by atoms with van der Waals surface area (Å²) in [6.45, 7) is 2.79. The van der Waals surface area contributed by atoms with Gasteiger partial charge in [-0.25, -0.2) is 0 Å². The van der Waals surface area contributed by atoms with Crippen LogP contribution in [0.1, 0.15) is 17.3 Å². The second kappa shape index (κ2) is 6.61. The number of ether oxygens (including phenoxy) is 1. The first-order valence-corrected chi connectivity index (χ1v) is 6.53. The van der Waals surface area contributed by atoms with Crippen LogP contribution in [0.25, 0.3) is 0 Å². The van der Waals surface area contributed by atoms with E-state index >= 15 is 0 Å². The van der Waals surface area contributed by atoms with Crippen LogP contribution < -0.4 is 15.4 Å². The van der Waals surface area contributed by atoms with E-state index in [2.05, 4.69) is 10.6 Å². The van der Waals surface area contributed by atoms with Crippen molar-refractivity contribution < 1.29 is 9.53 Å². The Morgan fingerprint density at radius 1 is 1.15 bits per heavy atom. The molecule has 0 unspecified atom stereocenters. The normalized spacial score (nSPS) is 9.90. The fourth-order valence-electron chi connectivity index (χ4n) is 1.91. The lowest BCUT2D eigenvalue weighted by molar-refractivity contribution is 0.102. The van der Waals surface area contributed by atoms with E-state index < -0.39 is 0 Å². The Bertz CT molecular complexity index is 582. The van der Waals surface area contributed by atoms with Crippen molar-refractivity contribution in [1.29, 1.82) is 0 Å². The van der Waals surface area contributed by atoms with E-state index in [0.717, 1.165) is 23.7 Å². The third kappa shape index (κ3) is 3.29. The van der Waals surface area contributed by atoms with E-state index in [-0.39, 0.29) is 5.91 Å². The van der Waals surface area contributed by atoms with Gasteiger partial charge in [-0.2, -0.15) is 0 Å². The number of methoxy groups -OCH3 is 1. The molecule has 1 amide bonds. The van der Waals surface area contributed by atoms with Crippen molar-refractivity contribution in [3.05, 3.63) is 54.1 Å². The minimum atomic E-state index is -0.127. The highest BCUT2D eigenvalue weighted by atomic mass is 16.5. The monoisotopic (exact) mass is 270 g/mol. The van der Waals surface area contributed by atoms with Gasteiger partial charge >= 0.3 is 0 Å². The molecular weight excluding hydrogens is 252 g/mol. The zero-order valence-corrected chi connectivity index (χ0v) is 11.6. The lowest BCUT2D eigenvalue weighted by atomic mass is 10.2. The van der Waals surface area contributed by atoms with E-state index in [9.17, 15) is 4.79 Å². The molecule has 0 saturated carbocycles. The Kier molecular flexibility index (Phi) is 4.60. The first kappa shape index (κ1) is 13.9. The Balaban J connectivity index is 2.17. The zero-order valence-electron chi connectivity index (χ0n) is 11.6. The Morgan fingerprint density at radius 3 is 2.55 bits per heavy atom. The van der Waals surface area contributed by atoms with Gasteiger partial charge in [0.1, 0.15) is 5.75 Å². The number of anilines is 2. The summed E-state index contributed by atoms with van der Waals surface area (Å²) in [7, 11) is 1.62. The molecule has 4 heteroatoms. The maximum absolute atomic E-state index is 12.1. The average Bonchev–Trinajstić information content (AvgIpc) is 2.49. The molecule has 4 nitrogen and oxygen atoms in total. The number of hydrogen-bond acceptors (Lipinski definition) is 3. The number of benzene rings is 2. The largest absolute Gasteiger partial charge is 0.495 e. The van der Waals surface area contributed by atoms with Gasteiger partial charge in [-0.05, 0) is 37.3 Å². The van der Waals surface area contributed by atoms with Gasteiger partial charge in [-0.1, -0.05) is 18.2 Å². The minimum Gasteiger partial charge on any atom is -0.495 e. The predicted molar refractivity (Wildman–Crippen MR) is 81.6 cm³/mol. The molecule has 2 aromatic rings. The van der Waals surface area contributed by atoms with Crippen molar-refractivity contribution in [3.63, 3.8) is 0 Å². The van der Waals surface area contributed by atoms with Crippen LogP contribution in [0.4, 0.5) is 11.4 Å². The SMILES string of the molecule is CCNc1cc(NC(=O)c2ccccc2)ccc1OC. The number of amides is 1. The summed E-state index contributed by atoms with van der Waals surface area (Å²) in [4.78, 5) is 12.1. The summed E-state index contributed by atoms with van der Waals surface area (Å²) in [5.74, 6) is 0.628. The van der Waals surface area contributed by atoms with E-state index in [0.29, 0.717) is 5.56 Å². The van der Waals surface area contributed by atoms with Gasteiger partial charge in [-0.15, -0.1) is 0 Å². The molecule has 2 N–H and O–H groups in total. The summed E-state index contributed by atoms with van der Waals surface area (Å²) >= 11 is 0. The van der Waals surface area contributed by atoms with Gasteiger partial charge in [0.2, 0.25) is 0 Å². The zero-order chi connectivity index (χ0) is 14.4. The molecule has 0 saturated heterocycles. The van der Waals surface area contributed by atoms with Crippen LogP contribution in [0.3, 0.4) is 0 Å². The maximum atomic E-state index is 12.1. The summed E-state index contributed by atoms with van der Waals surface area (Å²) < 4.78 is 5.27. The van der Waals surface area contributed by atoms with Crippen molar-refractivity contribution in [2.24, 2.45) is 0 Å². The number of rotatable bonds is 5. The summed E-state index contributed by atoms with van der Waals surface area (Å²) in [6.07, 6.45) is 0. The van der Waals surface area contributed by atoms with Crippen molar-refractivity contribution >= 4 is 17.3 Å². The van der Waals surface area contributed by atoms with Crippen molar-refractivity contribution in [2.45, 2.75) is 6.92 Å². The highest BCUT2D eigenvalue weighted by Crippen LogP contribution is 2.27. The molecule has 0 radical (unpaired) electrons. The summed E-state index contributed by atoms with van der Waals surface area (Å²) in [6, 6.07) is 14.6. The number of hydrogen-bond donors (Lipinski definition) is 2. The highest BCUT2D eigenvalue weighted by molar-refractivity contribution is 6.04. The van der Waals surface area contributed by atoms with Gasteiger partial charge in [0.15, 0.2) is 0 Å². The van der Waals surface area contributed by atoms with Crippen LogP contribution in [0.2, 0.25) is 0 Å². The lowest BCUT2D eigenvalue weighted by Gasteiger charge is -2.12. The third-order valence-corrected chi connectivity index (χ3v) is 2.86. The quantitative estimate of drug-likeness (QED) is 0.875. The van der Waals surface area contributed by atoms with E-state index in [4.69, 9.17) is 4.74 Å². The second-order valence-electron chi connectivity index (χ2n) is 4.27. The van der Waals surface area contributed by atoms with Crippen LogP contribution in [-0.2, 0) is 0 Å². The molecule has 0 heterocycles. The van der Waals surface area contributed by atoms with Crippen LogP contribution in [0.5, 0.6) is 5.75 Å². The van der Waals surface area contributed by atoms with Crippen molar-refractivity contribution in [2.75, 3.05) is 24.3 Å². The van der Waals surface area contributed by atoms with Gasteiger partial charge in [0.05, 0.1) is 12.8 Å². The average molecular weight is 270 g/mol. The van der Waals surface area contributed by atoms with Crippen LogP contribution in [0.15, 0.2) is 48.5 Å². The van der Waals surface area contributed by atoms with Gasteiger partial charge in [-0.3, -0.25) is 4.79 Å². The first-order valence-electron chi connectivity index (χ1n) is 6.53. The van der Waals surface area contributed by atoms with Gasteiger partial charge < -0.3 is 15.4 Å². The number of carbonyl (C=O) groups is 1. The maximum Gasteiger partial charge on any atom is 0.255 e. The molecule has 104 valence electrons. The predicted octanol–water partition coefficient (Wildman–Crippen LogP) is 3.38. The third-order valence-electron chi connectivity index (χ3n) is 2.86.